The van der Waals surface area contributed by atoms with Gasteiger partial charge in [0.15, 0.2) is 11.6 Å². The molecule has 0 radical (unpaired) electrons. The van der Waals surface area contributed by atoms with Crippen molar-refractivity contribution in [2.24, 2.45) is 0 Å². The number of carboxylic acid groups (broad SMARTS) is 1. The van der Waals surface area contributed by atoms with Crippen molar-refractivity contribution in [3.8, 4) is 0 Å². The molecule has 1 heterocycles. The van der Waals surface area contributed by atoms with E-state index >= 15 is 0 Å². The summed E-state index contributed by atoms with van der Waals surface area (Å²) in [5, 5.41) is 20.2. The number of carboxylic acids is 1. The Labute approximate surface area is 98.3 Å². The molecule has 0 aliphatic carbocycles. The van der Waals surface area contributed by atoms with E-state index in [4.69, 9.17) is 10.2 Å². The van der Waals surface area contributed by atoms with Gasteiger partial charge in [-0.1, -0.05) is 0 Å². The molecule has 3 N–H and O–H groups in total. The van der Waals surface area contributed by atoms with Crippen LogP contribution in [0.5, 0.6) is 0 Å². The Morgan fingerprint density at radius 1 is 1.65 bits per heavy atom. The molecule has 1 unspecified atom stereocenters. The van der Waals surface area contributed by atoms with Crippen LogP contribution in [-0.4, -0.2) is 33.8 Å². The van der Waals surface area contributed by atoms with Crippen LogP contribution < -0.4 is 5.32 Å². The lowest BCUT2D eigenvalue weighted by molar-refractivity contribution is 0.0692. The van der Waals surface area contributed by atoms with Gasteiger partial charge < -0.3 is 15.5 Å². The molecule has 0 spiro atoms. The lowest BCUT2D eigenvalue weighted by atomic mass is 10.2. The minimum atomic E-state index is -1.32. The Bertz CT molecular complexity index is 398. The van der Waals surface area contributed by atoms with Crippen molar-refractivity contribution in [1.82, 2.24) is 4.98 Å². The van der Waals surface area contributed by atoms with Crippen LogP contribution in [0.1, 0.15) is 30.1 Å². The van der Waals surface area contributed by atoms with Gasteiger partial charge in [-0.05, 0) is 25.8 Å². The van der Waals surface area contributed by atoms with E-state index in [1.165, 1.54) is 6.20 Å². The molecular formula is C11H15FN2O3. The van der Waals surface area contributed by atoms with Gasteiger partial charge in [0.2, 0.25) is 0 Å². The van der Waals surface area contributed by atoms with Crippen LogP contribution in [0.15, 0.2) is 12.3 Å². The molecule has 1 atom stereocenters. The number of halogens is 1. The first kappa shape index (κ1) is 13.4. The standard InChI is InChI=1S/C11H15FN2O3/c1-7(3-2-6-15)14-10-9(12)8(11(16)17)4-5-13-10/h4-5,7,15H,2-3,6H2,1H3,(H,13,14)(H,16,17). The predicted octanol–water partition coefficient (Wildman–Crippen LogP) is 1.49. The van der Waals surface area contributed by atoms with Crippen molar-refractivity contribution in [3.05, 3.63) is 23.6 Å². The summed E-state index contributed by atoms with van der Waals surface area (Å²) in [5.74, 6) is -2.26. The normalized spacial score (nSPS) is 12.2. The van der Waals surface area contributed by atoms with Gasteiger partial charge in [-0.15, -0.1) is 0 Å². The number of nitrogens with zero attached hydrogens (tertiary/aromatic N) is 1. The fourth-order valence-electron chi connectivity index (χ4n) is 1.41. The molecule has 0 bridgehead atoms. The molecule has 0 aromatic carbocycles. The Kier molecular flexibility index (Phi) is 4.84. The lowest BCUT2D eigenvalue weighted by Crippen LogP contribution is -2.18. The zero-order chi connectivity index (χ0) is 12.8. The molecule has 1 aromatic rings. The smallest absolute Gasteiger partial charge is 0.338 e. The predicted molar refractivity (Wildman–Crippen MR) is 60.6 cm³/mol. The number of hydrogen-bond acceptors (Lipinski definition) is 4. The number of carbonyl (C=O) groups is 1. The van der Waals surface area contributed by atoms with E-state index in [1.807, 2.05) is 6.92 Å². The number of aliphatic hydroxyl groups excluding tert-OH is 1. The number of aromatic nitrogens is 1. The number of anilines is 1. The summed E-state index contributed by atoms with van der Waals surface area (Å²) in [5.41, 5.74) is -0.406. The van der Waals surface area contributed by atoms with Crippen molar-refractivity contribution >= 4 is 11.8 Å². The van der Waals surface area contributed by atoms with Gasteiger partial charge in [0, 0.05) is 18.8 Å². The lowest BCUT2D eigenvalue weighted by Gasteiger charge is -2.14. The minimum Gasteiger partial charge on any atom is -0.478 e. The van der Waals surface area contributed by atoms with Crippen molar-refractivity contribution in [1.29, 1.82) is 0 Å². The summed E-state index contributed by atoms with van der Waals surface area (Å²) in [6.45, 7) is 1.88. The highest BCUT2D eigenvalue weighted by molar-refractivity contribution is 5.88. The average Bonchev–Trinajstić information content (AvgIpc) is 2.28. The van der Waals surface area contributed by atoms with Crippen molar-refractivity contribution in [2.45, 2.75) is 25.8 Å². The van der Waals surface area contributed by atoms with Crippen LogP contribution in [-0.2, 0) is 0 Å². The summed E-state index contributed by atoms with van der Waals surface area (Å²) >= 11 is 0. The van der Waals surface area contributed by atoms with E-state index in [9.17, 15) is 9.18 Å². The molecular weight excluding hydrogens is 227 g/mol. The summed E-state index contributed by atoms with van der Waals surface area (Å²) in [7, 11) is 0. The van der Waals surface area contributed by atoms with Crippen LogP contribution in [0, 0.1) is 5.82 Å². The van der Waals surface area contributed by atoms with E-state index in [2.05, 4.69) is 10.3 Å². The molecule has 5 nitrogen and oxygen atoms in total. The minimum absolute atomic E-state index is 0.0666. The van der Waals surface area contributed by atoms with Crippen LogP contribution in [0.4, 0.5) is 10.2 Å². The van der Waals surface area contributed by atoms with Crippen LogP contribution in [0.2, 0.25) is 0 Å². The Hall–Kier alpha value is -1.69. The Balaban J connectivity index is 2.77. The first-order valence-corrected chi connectivity index (χ1v) is 5.31. The average molecular weight is 242 g/mol. The highest BCUT2D eigenvalue weighted by Crippen LogP contribution is 2.16. The zero-order valence-electron chi connectivity index (χ0n) is 9.48. The van der Waals surface area contributed by atoms with Crippen molar-refractivity contribution in [2.75, 3.05) is 11.9 Å². The molecule has 0 saturated heterocycles. The monoisotopic (exact) mass is 242 g/mol. The van der Waals surface area contributed by atoms with Gasteiger partial charge in [0.25, 0.3) is 0 Å². The highest BCUT2D eigenvalue weighted by Gasteiger charge is 2.16. The first-order valence-electron chi connectivity index (χ1n) is 5.31. The zero-order valence-corrected chi connectivity index (χ0v) is 9.48. The van der Waals surface area contributed by atoms with E-state index in [0.717, 1.165) is 6.07 Å². The molecule has 0 aliphatic heterocycles. The van der Waals surface area contributed by atoms with Gasteiger partial charge in [-0.3, -0.25) is 0 Å². The van der Waals surface area contributed by atoms with Crippen LogP contribution in [0.25, 0.3) is 0 Å². The number of hydrogen-bond donors (Lipinski definition) is 3. The van der Waals surface area contributed by atoms with E-state index in [1.54, 1.807) is 0 Å². The fraction of sp³-hybridized carbons (Fsp3) is 0.455. The van der Waals surface area contributed by atoms with Gasteiger partial charge in [0.05, 0.1) is 0 Å². The van der Waals surface area contributed by atoms with E-state index in [0.29, 0.717) is 12.8 Å². The molecule has 1 rings (SSSR count). The number of aliphatic hydroxyl groups is 1. The van der Waals surface area contributed by atoms with Crippen molar-refractivity contribution < 1.29 is 19.4 Å². The largest absolute Gasteiger partial charge is 0.478 e. The maximum atomic E-state index is 13.7. The summed E-state index contributed by atoms with van der Waals surface area (Å²) in [6, 6.07) is 1.02. The van der Waals surface area contributed by atoms with E-state index in [-0.39, 0.29) is 18.5 Å². The Morgan fingerprint density at radius 2 is 2.35 bits per heavy atom. The molecule has 6 heteroatoms. The second kappa shape index (κ2) is 6.15. The number of pyridine rings is 1. The molecule has 1 aromatic heterocycles. The quantitative estimate of drug-likeness (QED) is 0.704. The third-order valence-electron chi connectivity index (χ3n) is 2.30. The van der Waals surface area contributed by atoms with Crippen LogP contribution >= 0.6 is 0 Å². The molecule has 0 fully saturated rings. The summed E-state index contributed by atoms with van der Waals surface area (Å²) in [6.07, 6.45) is 2.48. The van der Waals surface area contributed by atoms with Gasteiger partial charge in [-0.2, -0.15) is 0 Å². The first-order chi connectivity index (χ1) is 8.06. The third-order valence-corrected chi connectivity index (χ3v) is 2.30. The maximum absolute atomic E-state index is 13.7. The fourth-order valence-corrected chi connectivity index (χ4v) is 1.41. The Morgan fingerprint density at radius 3 is 2.94 bits per heavy atom. The van der Waals surface area contributed by atoms with Crippen LogP contribution in [0.3, 0.4) is 0 Å². The second-order valence-corrected chi connectivity index (χ2v) is 3.74. The molecule has 0 saturated carbocycles. The van der Waals surface area contributed by atoms with Gasteiger partial charge in [-0.25, -0.2) is 14.2 Å². The van der Waals surface area contributed by atoms with Crippen molar-refractivity contribution in [3.63, 3.8) is 0 Å². The molecule has 0 amide bonds. The maximum Gasteiger partial charge on any atom is 0.338 e. The molecule has 94 valence electrons. The van der Waals surface area contributed by atoms with Gasteiger partial charge >= 0.3 is 5.97 Å². The number of rotatable bonds is 6. The topological polar surface area (TPSA) is 82.5 Å². The summed E-state index contributed by atoms with van der Waals surface area (Å²) < 4.78 is 13.7. The molecule has 0 aliphatic rings. The summed E-state index contributed by atoms with van der Waals surface area (Å²) in [4.78, 5) is 14.5. The second-order valence-electron chi connectivity index (χ2n) is 3.74. The molecule has 17 heavy (non-hydrogen) atoms. The highest BCUT2D eigenvalue weighted by atomic mass is 19.1. The number of aromatic carboxylic acids is 1. The third kappa shape index (κ3) is 3.67. The SMILES string of the molecule is CC(CCCO)Nc1nccc(C(=O)O)c1F. The number of nitrogens with one attached hydrogen (secondary N) is 1. The van der Waals surface area contributed by atoms with Gasteiger partial charge in [0.1, 0.15) is 5.56 Å². The van der Waals surface area contributed by atoms with E-state index < -0.39 is 17.3 Å².